The highest BCUT2D eigenvalue weighted by Crippen LogP contribution is 2.17. The minimum absolute atomic E-state index is 0. The molecule has 1 aliphatic rings. The summed E-state index contributed by atoms with van der Waals surface area (Å²) in [6.45, 7) is 3.55. The van der Waals surface area contributed by atoms with Crippen LogP contribution in [0.5, 0.6) is 0 Å². The molecule has 21 heavy (non-hydrogen) atoms. The molecule has 2 aromatic rings. The van der Waals surface area contributed by atoms with Crippen molar-refractivity contribution in [3.05, 3.63) is 47.8 Å². The van der Waals surface area contributed by atoms with E-state index in [0.717, 1.165) is 25.2 Å². The van der Waals surface area contributed by atoms with Crippen LogP contribution in [0, 0.1) is 0 Å². The molecule has 5 nitrogen and oxygen atoms in total. The van der Waals surface area contributed by atoms with E-state index in [2.05, 4.69) is 27.9 Å². The molecule has 0 bridgehead atoms. The van der Waals surface area contributed by atoms with Crippen LogP contribution in [0.25, 0.3) is 0 Å². The first-order valence-corrected chi connectivity index (χ1v) is 6.89. The van der Waals surface area contributed by atoms with Crippen molar-refractivity contribution in [3.63, 3.8) is 0 Å². The van der Waals surface area contributed by atoms with Crippen molar-refractivity contribution in [1.29, 1.82) is 0 Å². The Balaban J connectivity index is 0.00000161. The van der Waals surface area contributed by atoms with Crippen molar-refractivity contribution in [1.82, 2.24) is 15.1 Å². The molecule has 1 aromatic heterocycles. The Morgan fingerprint density at radius 2 is 2.19 bits per heavy atom. The summed E-state index contributed by atoms with van der Waals surface area (Å²) >= 11 is 0. The number of hydrogen-bond acceptors (Lipinski definition) is 3. The normalized spacial score (nSPS) is 16.7. The zero-order chi connectivity index (χ0) is 13.9. The molecule has 1 unspecified atom stereocenters. The first-order chi connectivity index (χ1) is 9.76. The maximum absolute atomic E-state index is 12.3. The molecule has 2 N–H and O–H groups in total. The van der Waals surface area contributed by atoms with E-state index >= 15 is 0 Å². The van der Waals surface area contributed by atoms with Crippen LogP contribution >= 0.6 is 12.4 Å². The molecule has 0 aliphatic carbocycles. The average Bonchev–Trinajstić information content (AvgIpc) is 2.94. The molecular formula is C15H19ClN4O. The minimum atomic E-state index is -0.185. The number of hydrogen-bond donors (Lipinski definition) is 2. The summed E-state index contributed by atoms with van der Waals surface area (Å²) in [6, 6.07) is 8.05. The zero-order valence-corrected chi connectivity index (χ0v) is 12.7. The van der Waals surface area contributed by atoms with Crippen molar-refractivity contribution in [2.24, 2.45) is 0 Å². The van der Waals surface area contributed by atoms with E-state index in [1.54, 1.807) is 10.9 Å². The minimum Gasteiger partial charge on any atom is -0.322 e. The van der Waals surface area contributed by atoms with E-state index in [-0.39, 0.29) is 24.4 Å². The topological polar surface area (TPSA) is 59.0 Å². The van der Waals surface area contributed by atoms with Gasteiger partial charge in [-0.1, -0.05) is 24.3 Å². The average molecular weight is 307 g/mol. The number of aryl methyl sites for hydroxylation is 1. The number of carbonyl (C=O) groups is 1. The first kappa shape index (κ1) is 15.5. The van der Waals surface area contributed by atoms with E-state index in [1.807, 2.05) is 25.3 Å². The smallest absolute Gasteiger partial charge is 0.241 e. The lowest BCUT2D eigenvalue weighted by Gasteiger charge is -2.25. The van der Waals surface area contributed by atoms with Crippen LogP contribution in [0.1, 0.15) is 18.1 Å². The van der Waals surface area contributed by atoms with Gasteiger partial charge >= 0.3 is 0 Å². The van der Waals surface area contributed by atoms with Crippen LogP contribution in [0.15, 0.2) is 36.7 Å². The number of nitrogens with one attached hydrogen (secondary N) is 2. The number of amides is 1. The van der Waals surface area contributed by atoms with Crippen LogP contribution < -0.4 is 10.6 Å². The maximum atomic E-state index is 12.3. The van der Waals surface area contributed by atoms with Gasteiger partial charge in [0.25, 0.3) is 0 Å². The van der Waals surface area contributed by atoms with Gasteiger partial charge in [-0.25, -0.2) is 0 Å². The summed E-state index contributed by atoms with van der Waals surface area (Å²) in [5.41, 5.74) is 3.27. The molecule has 1 atom stereocenters. The van der Waals surface area contributed by atoms with E-state index in [0.29, 0.717) is 0 Å². The summed E-state index contributed by atoms with van der Waals surface area (Å²) in [5.74, 6) is -0.00449. The summed E-state index contributed by atoms with van der Waals surface area (Å²) in [6.07, 6.45) is 4.25. The highest BCUT2D eigenvalue weighted by molar-refractivity contribution is 5.95. The number of carbonyl (C=O) groups excluding carboxylic acids is 1. The van der Waals surface area contributed by atoms with Gasteiger partial charge in [0.05, 0.1) is 17.9 Å². The molecule has 0 saturated heterocycles. The highest BCUT2D eigenvalue weighted by atomic mass is 35.5. The Hall–Kier alpha value is -1.85. The van der Waals surface area contributed by atoms with Gasteiger partial charge in [0.2, 0.25) is 5.91 Å². The maximum Gasteiger partial charge on any atom is 0.241 e. The third kappa shape index (κ3) is 3.43. The summed E-state index contributed by atoms with van der Waals surface area (Å²) in [4.78, 5) is 12.3. The van der Waals surface area contributed by atoms with Crippen molar-refractivity contribution < 1.29 is 4.79 Å². The third-order valence-electron chi connectivity index (χ3n) is 3.62. The molecule has 0 fully saturated rings. The number of fused-ring (bicyclic) bond motifs is 1. The van der Waals surface area contributed by atoms with Crippen molar-refractivity contribution in [2.45, 2.75) is 32.5 Å². The molecule has 1 aliphatic heterocycles. The van der Waals surface area contributed by atoms with E-state index in [1.165, 1.54) is 11.1 Å². The molecular weight excluding hydrogens is 288 g/mol. The highest BCUT2D eigenvalue weighted by Gasteiger charge is 2.24. The Morgan fingerprint density at radius 3 is 2.90 bits per heavy atom. The van der Waals surface area contributed by atoms with E-state index in [4.69, 9.17) is 0 Å². The quantitative estimate of drug-likeness (QED) is 0.911. The molecule has 0 spiro atoms. The van der Waals surface area contributed by atoms with Crippen LogP contribution in [0.3, 0.4) is 0 Å². The molecule has 112 valence electrons. The Bertz CT molecular complexity index is 626. The standard InChI is InChI=1S/C15H18N4O.ClH/c1-2-19-10-13(9-17-19)18-15(20)14-7-11-5-3-4-6-12(11)8-16-14;/h3-6,9-10,14,16H,2,7-8H2,1H3,(H,18,20);1H. The second-order valence-corrected chi connectivity index (χ2v) is 4.98. The van der Waals surface area contributed by atoms with Gasteiger partial charge < -0.3 is 10.6 Å². The molecule has 1 amide bonds. The molecule has 0 radical (unpaired) electrons. The fourth-order valence-corrected chi connectivity index (χ4v) is 2.47. The molecule has 0 saturated carbocycles. The van der Waals surface area contributed by atoms with Gasteiger partial charge in [0.15, 0.2) is 0 Å². The molecule has 3 rings (SSSR count). The summed E-state index contributed by atoms with van der Waals surface area (Å²) in [5, 5.41) is 10.3. The number of rotatable bonds is 3. The Labute approximate surface area is 130 Å². The zero-order valence-electron chi connectivity index (χ0n) is 11.9. The molecule has 1 aromatic carbocycles. The number of nitrogens with zero attached hydrogens (tertiary/aromatic N) is 2. The largest absolute Gasteiger partial charge is 0.322 e. The van der Waals surface area contributed by atoms with Crippen molar-refractivity contribution in [3.8, 4) is 0 Å². The number of aromatic nitrogens is 2. The molecule has 6 heteroatoms. The predicted octanol–water partition coefficient (Wildman–Crippen LogP) is 1.98. The predicted molar refractivity (Wildman–Crippen MR) is 84.6 cm³/mol. The monoisotopic (exact) mass is 306 g/mol. The van der Waals surface area contributed by atoms with E-state index < -0.39 is 0 Å². The van der Waals surface area contributed by atoms with Crippen molar-refractivity contribution in [2.75, 3.05) is 5.32 Å². The van der Waals surface area contributed by atoms with Gasteiger partial charge in [0, 0.05) is 19.3 Å². The Kier molecular flexibility index (Phi) is 4.98. The van der Waals surface area contributed by atoms with Gasteiger partial charge in [-0.3, -0.25) is 9.48 Å². The van der Waals surface area contributed by atoms with Crippen LogP contribution in [0.4, 0.5) is 5.69 Å². The number of benzene rings is 1. The fourth-order valence-electron chi connectivity index (χ4n) is 2.47. The Morgan fingerprint density at radius 1 is 1.43 bits per heavy atom. The SMILES string of the molecule is CCn1cc(NC(=O)C2Cc3ccccc3CN2)cn1.Cl. The van der Waals surface area contributed by atoms with Crippen molar-refractivity contribution >= 4 is 24.0 Å². The van der Waals surface area contributed by atoms with E-state index in [9.17, 15) is 4.79 Å². The summed E-state index contributed by atoms with van der Waals surface area (Å²) in [7, 11) is 0. The lowest BCUT2D eigenvalue weighted by atomic mass is 9.95. The van der Waals surface area contributed by atoms with Gasteiger partial charge in [0.1, 0.15) is 0 Å². The number of halogens is 1. The fraction of sp³-hybridized carbons (Fsp3) is 0.333. The van der Waals surface area contributed by atoms with Crippen LogP contribution in [-0.2, 0) is 24.3 Å². The van der Waals surface area contributed by atoms with Crippen LogP contribution in [-0.4, -0.2) is 21.7 Å². The second kappa shape index (κ2) is 6.74. The number of anilines is 1. The lowest BCUT2D eigenvalue weighted by molar-refractivity contribution is -0.118. The van der Waals surface area contributed by atoms with Crippen LogP contribution in [0.2, 0.25) is 0 Å². The summed E-state index contributed by atoms with van der Waals surface area (Å²) < 4.78 is 1.79. The van der Waals surface area contributed by atoms with Gasteiger partial charge in [-0.2, -0.15) is 5.10 Å². The first-order valence-electron chi connectivity index (χ1n) is 6.89. The van der Waals surface area contributed by atoms with Gasteiger partial charge in [-0.05, 0) is 24.5 Å². The van der Waals surface area contributed by atoms with Gasteiger partial charge in [-0.15, -0.1) is 12.4 Å². The third-order valence-corrected chi connectivity index (χ3v) is 3.62. The molecule has 2 heterocycles. The second-order valence-electron chi connectivity index (χ2n) is 4.98. The lowest BCUT2D eigenvalue weighted by Crippen LogP contribution is -2.44.